The standard InChI is InChI=1S/C21H26N2O/c1-2-14-24-20-9-4-3-6-15(20)16-7-5-8-19-21(16)17-10-12-22-13-11-18(17)23-19/h3-9,17-18,22-23H,2,10-14H2,1H3. The molecule has 2 N–H and O–H groups in total. The number of hydrogen-bond donors (Lipinski definition) is 2. The third kappa shape index (κ3) is 2.78. The van der Waals surface area contributed by atoms with Gasteiger partial charge in [0, 0.05) is 23.2 Å². The molecule has 126 valence electrons. The molecule has 0 radical (unpaired) electrons. The van der Waals surface area contributed by atoms with Crippen molar-refractivity contribution in [1.82, 2.24) is 5.32 Å². The molecule has 2 aromatic carbocycles. The Hall–Kier alpha value is -2.00. The average molecular weight is 322 g/mol. The number of nitrogens with one attached hydrogen (secondary N) is 2. The Balaban J connectivity index is 1.78. The summed E-state index contributed by atoms with van der Waals surface area (Å²) in [7, 11) is 0. The molecule has 24 heavy (non-hydrogen) atoms. The van der Waals surface area contributed by atoms with Gasteiger partial charge >= 0.3 is 0 Å². The first-order valence-electron chi connectivity index (χ1n) is 9.21. The number of fused-ring (bicyclic) bond motifs is 3. The summed E-state index contributed by atoms with van der Waals surface area (Å²) in [5.41, 5.74) is 5.36. The van der Waals surface area contributed by atoms with Gasteiger partial charge in [-0.3, -0.25) is 0 Å². The SMILES string of the molecule is CCCOc1ccccc1-c1cccc2c1C1CCNCCC1N2. The molecule has 0 saturated carbocycles. The van der Waals surface area contributed by atoms with E-state index in [0.29, 0.717) is 12.0 Å². The number of para-hydroxylation sites is 1. The highest BCUT2D eigenvalue weighted by Crippen LogP contribution is 2.46. The largest absolute Gasteiger partial charge is 0.493 e. The molecule has 3 nitrogen and oxygen atoms in total. The van der Waals surface area contributed by atoms with Crippen molar-refractivity contribution >= 4 is 5.69 Å². The van der Waals surface area contributed by atoms with Crippen LogP contribution in [0.4, 0.5) is 5.69 Å². The highest BCUT2D eigenvalue weighted by molar-refractivity contribution is 5.81. The maximum absolute atomic E-state index is 6.03. The molecule has 2 aromatic rings. The van der Waals surface area contributed by atoms with Crippen LogP contribution >= 0.6 is 0 Å². The van der Waals surface area contributed by atoms with Gasteiger partial charge in [0.25, 0.3) is 0 Å². The molecule has 3 heteroatoms. The third-order valence-electron chi connectivity index (χ3n) is 5.21. The van der Waals surface area contributed by atoms with Crippen molar-refractivity contribution < 1.29 is 4.74 Å². The smallest absolute Gasteiger partial charge is 0.127 e. The Labute approximate surface area is 144 Å². The predicted octanol–water partition coefficient (Wildman–Crippen LogP) is 4.40. The van der Waals surface area contributed by atoms with Crippen molar-refractivity contribution in [2.24, 2.45) is 0 Å². The van der Waals surface area contributed by atoms with E-state index in [2.05, 4.69) is 60.0 Å². The monoisotopic (exact) mass is 322 g/mol. The van der Waals surface area contributed by atoms with Gasteiger partial charge in [-0.15, -0.1) is 0 Å². The van der Waals surface area contributed by atoms with Gasteiger partial charge in [0.1, 0.15) is 5.75 Å². The Kier molecular flexibility index (Phi) is 4.44. The summed E-state index contributed by atoms with van der Waals surface area (Å²) < 4.78 is 6.03. The average Bonchev–Trinajstić information content (AvgIpc) is 2.82. The van der Waals surface area contributed by atoms with Crippen LogP contribution in [0.15, 0.2) is 42.5 Å². The predicted molar refractivity (Wildman–Crippen MR) is 99.9 cm³/mol. The minimum Gasteiger partial charge on any atom is -0.493 e. The molecular formula is C21H26N2O. The number of hydrogen-bond acceptors (Lipinski definition) is 3. The van der Waals surface area contributed by atoms with Crippen molar-refractivity contribution in [1.29, 1.82) is 0 Å². The Bertz CT molecular complexity index is 713. The van der Waals surface area contributed by atoms with E-state index in [1.165, 1.54) is 35.2 Å². The van der Waals surface area contributed by atoms with E-state index in [9.17, 15) is 0 Å². The maximum atomic E-state index is 6.03. The number of benzene rings is 2. The summed E-state index contributed by atoms with van der Waals surface area (Å²) in [6, 6.07) is 15.7. The third-order valence-corrected chi connectivity index (χ3v) is 5.21. The normalized spacial score (nSPS) is 22.2. The quantitative estimate of drug-likeness (QED) is 0.875. The summed E-state index contributed by atoms with van der Waals surface area (Å²) in [5, 5.41) is 7.31. The van der Waals surface area contributed by atoms with Crippen LogP contribution in [0, 0.1) is 0 Å². The molecule has 0 bridgehead atoms. The minimum absolute atomic E-state index is 0.555. The lowest BCUT2D eigenvalue weighted by Gasteiger charge is -2.19. The lowest BCUT2D eigenvalue weighted by atomic mass is 9.85. The first-order chi connectivity index (χ1) is 11.9. The Morgan fingerprint density at radius 1 is 1.00 bits per heavy atom. The molecular weight excluding hydrogens is 296 g/mol. The van der Waals surface area contributed by atoms with Gasteiger partial charge in [-0.2, -0.15) is 0 Å². The molecule has 2 unspecified atom stereocenters. The van der Waals surface area contributed by atoms with Gasteiger partial charge in [-0.25, -0.2) is 0 Å². The van der Waals surface area contributed by atoms with Crippen LogP contribution in [-0.2, 0) is 0 Å². The summed E-state index contributed by atoms with van der Waals surface area (Å²) in [6.07, 6.45) is 3.41. The van der Waals surface area contributed by atoms with Gasteiger partial charge in [-0.05, 0) is 55.6 Å². The van der Waals surface area contributed by atoms with E-state index in [4.69, 9.17) is 4.74 Å². The Morgan fingerprint density at radius 3 is 2.75 bits per heavy atom. The lowest BCUT2D eigenvalue weighted by Crippen LogP contribution is -2.21. The van der Waals surface area contributed by atoms with Gasteiger partial charge in [0.15, 0.2) is 0 Å². The van der Waals surface area contributed by atoms with Crippen molar-refractivity contribution in [2.45, 2.75) is 38.1 Å². The Morgan fingerprint density at radius 2 is 1.83 bits per heavy atom. The minimum atomic E-state index is 0.555. The van der Waals surface area contributed by atoms with Crippen LogP contribution in [0.1, 0.15) is 37.7 Å². The van der Waals surface area contributed by atoms with E-state index in [1.54, 1.807) is 0 Å². The van der Waals surface area contributed by atoms with E-state index in [-0.39, 0.29) is 0 Å². The topological polar surface area (TPSA) is 33.3 Å². The zero-order chi connectivity index (χ0) is 16.4. The van der Waals surface area contributed by atoms with Crippen molar-refractivity contribution in [3.05, 3.63) is 48.0 Å². The molecule has 4 rings (SSSR count). The van der Waals surface area contributed by atoms with Crippen LogP contribution in [0.3, 0.4) is 0 Å². The molecule has 1 saturated heterocycles. The highest BCUT2D eigenvalue weighted by Gasteiger charge is 2.35. The molecule has 2 heterocycles. The van der Waals surface area contributed by atoms with Crippen LogP contribution in [-0.4, -0.2) is 25.7 Å². The molecule has 0 aliphatic carbocycles. The molecule has 0 aromatic heterocycles. The van der Waals surface area contributed by atoms with E-state index < -0.39 is 0 Å². The molecule has 2 aliphatic heterocycles. The second-order valence-corrected chi connectivity index (χ2v) is 6.80. The fraction of sp³-hybridized carbons (Fsp3) is 0.429. The molecule has 0 spiro atoms. The summed E-state index contributed by atoms with van der Waals surface area (Å²) in [6.45, 7) is 5.12. The fourth-order valence-electron chi connectivity index (χ4n) is 4.11. The summed E-state index contributed by atoms with van der Waals surface area (Å²) in [5.74, 6) is 1.59. The van der Waals surface area contributed by atoms with Gasteiger partial charge < -0.3 is 15.4 Å². The second-order valence-electron chi connectivity index (χ2n) is 6.80. The first-order valence-corrected chi connectivity index (χ1v) is 9.21. The van der Waals surface area contributed by atoms with Gasteiger partial charge in [0.2, 0.25) is 0 Å². The van der Waals surface area contributed by atoms with Crippen LogP contribution in [0.5, 0.6) is 5.75 Å². The van der Waals surface area contributed by atoms with Crippen molar-refractivity contribution in [3.63, 3.8) is 0 Å². The lowest BCUT2D eigenvalue weighted by molar-refractivity contribution is 0.318. The van der Waals surface area contributed by atoms with Gasteiger partial charge in [-0.1, -0.05) is 37.3 Å². The van der Waals surface area contributed by atoms with Crippen LogP contribution in [0.2, 0.25) is 0 Å². The van der Waals surface area contributed by atoms with Gasteiger partial charge in [0.05, 0.1) is 6.61 Å². The zero-order valence-corrected chi connectivity index (χ0v) is 14.3. The fourth-order valence-corrected chi connectivity index (χ4v) is 4.11. The molecule has 0 amide bonds. The van der Waals surface area contributed by atoms with E-state index >= 15 is 0 Å². The van der Waals surface area contributed by atoms with Crippen molar-refractivity contribution in [3.8, 4) is 16.9 Å². The number of ether oxygens (including phenoxy) is 1. The second kappa shape index (κ2) is 6.86. The number of rotatable bonds is 4. The zero-order valence-electron chi connectivity index (χ0n) is 14.3. The van der Waals surface area contributed by atoms with Crippen molar-refractivity contribution in [2.75, 3.05) is 25.0 Å². The van der Waals surface area contributed by atoms with Crippen LogP contribution in [0.25, 0.3) is 11.1 Å². The summed E-state index contributed by atoms with van der Waals surface area (Å²) >= 11 is 0. The number of anilines is 1. The highest BCUT2D eigenvalue weighted by atomic mass is 16.5. The first kappa shape index (κ1) is 15.5. The van der Waals surface area contributed by atoms with E-state index in [0.717, 1.165) is 31.9 Å². The molecule has 1 fully saturated rings. The molecule has 2 aliphatic rings. The molecule has 2 atom stereocenters. The maximum Gasteiger partial charge on any atom is 0.127 e. The van der Waals surface area contributed by atoms with E-state index in [1.807, 2.05) is 0 Å². The van der Waals surface area contributed by atoms with Crippen LogP contribution < -0.4 is 15.4 Å². The summed E-state index contributed by atoms with van der Waals surface area (Å²) in [4.78, 5) is 0.